The lowest BCUT2D eigenvalue weighted by Crippen LogP contribution is -1.75. The highest BCUT2D eigenvalue weighted by Crippen LogP contribution is 2.45. The highest BCUT2D eigenvalue weighted by Gasteiger charge is 2.29. The zero-order valence-electron chi connectivity index (χ0n) is 7.58. The van der Waals surface area contributed by atoms with Gasteiger partial charge in [0, 0.05) is 4.57 Å². The molecule has 8 heteroatoms. The van der Waals surface area contributed by atoms with Crippen molar-refractivity contribution in [3.8, 4) is 0 Å². The summed E-state index contributed by atoms with van der Waals surface area (Å²) in [5.41, 5.74) is 0. The van der Waals surface area contributed by atoms with E-state index in [2.05, 4.69) is 18.2 Å². The van der Waals surface area contributed by atoms with Gasteiger partial charge in [-0.3, -0.25) is 0 Å². The molecule has 0 spiro atoms. The molecule has 13 heavy (non-hydrogen) atoms. The smallest absolute Gasteiger partial charge is 0.300 e. The molecule has 0 fully saturated rings. The van der Waals surface area contributed by atoms with E-state index < -0.39 is 16.1 Å². The molecule has 0 radical (unpaired) electrons. The average Bonchev–Trinajstić information content (AvgIpc) is 1.84. The Bertz CT molecular complexity index is 174. The van der Waals surface area contributed by atoms with Crippen LogP contribution in [0, 0.1) is 0 Å². The number of phosphoric acid groups is 1. The maximum absolute atomic E-state index is 9.57. The third-order valence-electron chi connectivity index (χ3n) is 0.883. The molecule has 0 saturated carbocycles. The fourth-order valence-electron chi connectivity index (χ4n) is 0.445. The van der Waals surface area contributed by atoms with E-state index in [1.165, 1.54) is 19.3 Å². The van der Waals surface area contributed by atoms with Gasteiger partial charge in [-0.05, 0) is 4.31 Å². The molecule has 0 amide bonds. The molecule has 0 aliphatic heterocycles. The van der Waals surface area contributed by atoms with E-state index in [9.17, 15) is 9.13 Å². The van der Waals surface area contributed by atoms with Gasteiger partial charge in [-0.25, -0.2) is 4.57 Å². The van der Waals surface area contributed by atoms with Crippen LogP contribution in [-0.2, 0) is 13.4 Å². The van der Waals surface area contributed by atoms with E-state index in [1.54, 1.807) is 0 Å². The van der Waals surface area contributed by atoms with Crippen molar-refractivity contribution >= 4 is 16.1 Å². The van der Waals surface area contributed by atoms with Crippen molar-refractivity contribution in [3.63, 3.8) is 0 Å². The largest absolute Gasteiger partial charge is 0.705 e. The molecule has 0 heterocycles. The first kappa shape index (κ1) is 15.6. The van der Waals surface area contributed by atoms with E-state index in [0.717, 1.165) is 0 Å². The summed E-state index contributed by atoms with van der Waals surface area (Å²) in [5, 5.41) is 0. The highest BCUT2D eigenvalue weighted by atomic mass is 31.2. The molecule has 0 saturated heterocycles. The predicted octanol–water partition coefficient (Wildman–Crippen LogP) is 1.94. The molecule has 0 aliphatic rings. The minimum absolute atomic E-state index is 1.34. The Morgan fingerprint density at radius 2 is 1.69 bits per heavy atom. The Morgan fingerprint density at radius 1 is 1.31 bits per heavy atom. The van der Waals surface area contributed by atoms with Gasteiger partial charge in [0.1, 0.15) is 0 Å². The first-order valence-corrected chi connectivity index (χ1v) is 6.41. The summed E-state index contributed by atoms with van der Waals surface area (Å²) in [6, 6.07) is 0. The zero-order valence-corrected chi connectivity index (χ0v) is 9.37. The summed E-state index contributed by atoms with van der Waals surface area (Å²) >= 11 is 0. The molecule has 3 N–H and O–H groups in total. The SMILES string of the molecule is CCCCC.O=[P+](O)OP(=O)(O)O. The first-order valence-electron chi connectivity index (χ1n) is 3.74. The van der Waals surface area contributed by atoms with Gasteiger partial charge in [-0.2, -0.15) is 0 Å². The van der Waals surface area contributed by atoms with E-state index in [0.29, 0.717) is 0 Å². The van der Waals surface area contributed by atoms with Crippen molar-refractivity contribution in [1.29, 1.82) is 0 Å². The lowest BCUT2D eigenvalue weighted by atomic mass is 10.3. The zero-order chi connectivity index (χ0) is 10.9. The van der Waals surface area contributed by atoms with E-state index >= 15 is 0 Å². The maximum Gasteiger partial charge on any atom is 0.705 e. The van der Waals surface area contributed by atoms with Crippen LogP contribution in [0.25, 0.3) is 0 Å². The molecule has 0 aromatic heterocycles. The number of hydrogen-bond donors (Lipinski definition) is 3. The topological polar surface area (TPSA) is 104 Å². The summed E-state index contributed by atoms with van der Waals surface area (Å²) in [4.78, 5) is 23.1. The van der Waals surface area contributed by atoms with Crippen molar-refractivity contribution in [2.75, 3.05) is 0 Å². The molecule has 6 nitrogen and oxygen atoms in total. The Morgan fingerprint density at radius 3 is 1.69 bits per heavy atom. The lowest BCUT2D eigenvalue weighted by Gasteiger charge is -1.86. The van der Waals surface area contributed by atoms with Crippen molar-refractivity contribution < 1.29 is 28.1 Å². The maximum atomic E-state index is 9.57. The molecule has 0 bridgehead atoms. The summed E-state index contributed by atoms with van der Waals surface area (Å²) in [6.45, 7) is 4.42. The van der Waals surface area contributed by atoms with Gasteiger partial charge in [-0.15, -0.1) is 4.89 Å². The summed E-state index contributed by atoms with van der Waals surface area (Å²) in [5.74, 6) is 0. The van der Waals surface area contributed by atoms with Gasteiger partial charge in [0.05, 0.1) is 0 Å². The van der Waals surface area contributed by atoms with Crippen molar-refractivity contribution in [1.82, 2.24) is 0 Å². The van der Waals surface area contributed by atoms with E-state index in [-0.39, 0.29) is 0 Å². The second kappa shape index (κ2) is 8.75. The third-order valence-corrected chi connectivity index (χ3v) is 2.29. The van der Waals surface area contributed by atoms with E-state index in [4.69, 9.17) is 14.7 Å². The van der Waals surface area contributed by atoms with Crippen LogP contribution in [0.5, 0.6) is 0 Å². The lowest BCUT2D eigenvalue weighted by molar-refractivity contribution is 0.273. The Balaban J connectivity index is 0. The van der Waals surface area contributed by atoms with Crippen LogP contribution in [0.15, 0.2) is 0 Å². The standard InChI is InChI=1S/C5H12.H2O6P2/c1-3-5-4-2;1-7(2)6-8(3,4)5/h3-5H2,1-2H3;(H2-,1,2,3,4,5)/p+1. The van der Waals surface area contributed by atoms with Crippen molar-refractivity contribution in [2.24, 2.45) is 0 Å². The molecule has 0 aromatic carbocycles. The normalized spacial score (nSPS) is 11.6. The van der Waals surface area contributed by atoms with Crippen molar-refractivity contribution in [3.05, 3.63) is 0 Å². The molecular formula is C5H15O6P2+. The molecular weight excluding hydrogens is 218 g/mol. The molecule has 0 aliphatic carbocycles. The molecule has 0 rings (SSSR count). The van der Waals surface area contributed by atoms with Gasteiger partial charge in [0.15, 0.2) is 0 Å². The first-order chi connectivity index (χ1) is 5.83. The monoisotopic (exact) mass is 233 g/mol. The average molecular weight is 233 g/mol. The summed E-state index contributed by atoms with van der Waals surface area (Å²) in [6.07, 6.45) is 4.08. The van der Waals surface area contributed by atoms with Crippen LogP contribution in [0.2, 0.25) is 0 Å². The molecule has 0 aromatic rings. The minimum Gasteiger partial charge on any atom is -0.300 e. The van der Waals surface area contributed by atoms with Crippen LogP contribution in [0.1, 0.15) is 33.1 Å². The van der Waals surface area contributed by atoms with Crippen LogP contribution in [-0.4, -0.2) is 14.7 Å². The molecule has 80 valence electrons. The fourth-order valence-corrected chi connectivity index (χ4v) is 1.17. The Labute approximate surface area is 78.1 Å². The van der Waals surface area contributed by atoms with Gasteiger partial charge in [0.2, 0.25) is 0 Å². The Kier molecular flexibility index (Phi) is 10.5. The number of rotatable bonds is 4. The second-order valence-corrected chi connectivity index (χ2v) is 4.27. The third kappa shape index (κ3) is 24.5. The van der Waals surface area contributed by atoms with Crippen LogP contribution >= 0.6 is 16.1 Å². The van der Waals surface area contributed by atoms with Gasteiger partial charge in [0.25, 0.3) is 0 Å². The fraction of sp³-hybridized carbons (Fsp3) is 1.00. The van der Waals surface area contributed by atoms with Gasteiger partial charge in [-0.1, -0.05) is 33.1 Å². The van der Waals surface area contributed by atoms with Gasteiger partial charge >= 0.3 is 16.1 Å². The molecule has 1 unspecified atom stereocenters. The molecule has 1 atom stereocenters. The highest BCUT2D eigenvalue weighted by molar-refractivity contribution is 7.54. The van der Waals surface area contributed by atoms with Crippen LogP contribution in [0.3, 0.4) is 0 Å². The van der Waals surface area contributed by atoms with Crippen molar-refractivity contribution in [2.45, 2.75) is 33.1 Å². The predicted molar refractivity (Wildman–Crippen MR) is 48.2 cm³/mol. The van der Waals surface area contributed by atoms with E-state index in [1.807, 2.05) is 0 Å². The quantitative estimate of drug-likeness (QED) is 0.641. The van der Waals surface area contributed by atoms with Gasteiger partial charge < -0.3 is 9.79 Å². The number of unbranched alkanes of at least 4 members (excludes halogenated alkanes) is 2. The summed E-state index contributed by atoms with van der Waals surface area (Å²) < 4.78 is 22.2. The van der Waals surface area contributed by atoms with Crippen LogP contribution in [0.4, 0.5) is 0 Å². The minimum atomic E-state index is -4.76. The Hall–Kier alpha value is 0.170. The number of hydrogen-bond acceptors (Lipinski definition) is 3. The second-order valence-electron chi connectivity index (χ2n) is 2.16. The summed E-state index contributed by atoms with van der Waals surface area (Å²) in [7, 11) is -7.96. The van der Waals surface area contributed by atoms with Crippen LogP contribution < -0.4 is 0 Å².